The topological polar surface area (TPSA) is 165 Å². The number of hydrogen-bond donors (Lipinski definition) is 3. The minimum Gasteiger partial charge on any atom is -0.480 e. The van der Waals surface area contributed by atoms with E-state index in [-0.39, 0.29) is 36.4 Å². The molecule has 1 saturated carbocycles. The van der Waals surface area contributed by atoms with Crippen molar-refractivity contribution in [1.82, 2.24) is 35.5 Å². The Hall–Kier alpha value is -3.83. The lowest BCUT2D eigenvalue weighted by atomic mass is 9.81. The average molecular weight is 496 g/mol. The van der Waals surface area contributed by atoms with Crippen LogP contribution in [0.2, 0.25) is 0 Å². The van der Waals surface area contributed by atoms with Crippen LogP contribution in [-0.4, -0.2) is 54.3 Å². The number of carbonyl (C=O) groups is 3. The molecule has 2 fully saturated rings. The first-order chi connectivity index (χ1) is 17.4. The third-order valence-electron chi connectivity index (χ3n) is 7.40. The number of hydrogen-bond acceptors (Lipinski definition) is 8. The molecule has 2 aliphatic rings. The van der Waals surface area contributed by atoms with Crippen LogP contribution in [0, 0.1) is 18.3 Å². The van der Waals surface area contributed by atoms with Crippen LogP contribution in [0.1, 0.15) is 78.6 Å². The molecule has 3 aromatic rings. The molecule has 190 valence electrons. The van der Waals surface area contributed by atoms with Gasteiger partial charge in [-0.05, 0) is 49.4 Å². The van der Waals surface area contributed by atoms with Crippen molar-refractivity contribution in [1.29, 1.82) is 0 Å². The van der Waals surface area contributed by atoms with E-state index in [1.807, 2.05) is 0 Å². The zero-order chi connectivity index (χ0) is 25.3. The SMILES string of the molecule is Cc1nonc1C(=O)N[C@H](c1cn2nc(CC3(C(=O)O)CCNC3=O)ccc2n1)C1CCCCCC1. The second-order valence-electron chi connectivity index (χ2n) is 9.76. The van der Waals surface area contributed by atoms with Crippen LogP contribution in [0.15, 0.2) is 23.0 Å². The number of aromatic nitrogens is 5. The standard InChI is InChI=1S/C24H29N7O5/c1-14-19(30-36-29-14)21(32)27-20(15-6-4-2-3-5-7-15)17-13-31-18(26-17)9-8-16(28-31)12-24(23(34)35)10-11-25-22(24)33/h8-9,13,15,20H,2-7,10-12H2,1H3,(H,25,33)(H,27,32)(H,34,35)/t20-,24?/m0/s1. The summed E-state index contributed by atoms with van der Waals surface area (Å²) in [6.07, 6.45) is 8.38. The fraction of sp³-hybridized carbons (Fsp3) is 0.542. The number of carboxylic acid groups (broad SMARTS) is 1. The first-order valence-corrected chi connectivity index (χ1v) is 12.3. The maximum atomic E-state index is 13.0. The van der Waals surface area contributed by atoms with Crippen LogP contribution in [0.3, 0.4) is 0 Å². The molecule has 0 bridgehead atoms. The first kappa shape index (κ1) is 23.9. The summed E-state index contributed by atoms with van der Waals surface area (Å²) in [6, 6.07) is 3.10. The van der Waals surface area contributed by atoms with Crippen molar-refractivity contribution in [3.05, 3.63) is 41.1 Å². The summed E-state index contributed by atoms with van der Waals surface area (Å²) in [7, 11) is 0. The van der Waals surface area contributed by atoms with Crippen LogP contribution in [-0.2, 0) is 16.0 Å². The van der Waals surface area contributed by atoms with E-state index in [1.165, 1.54) is 12.8 Å². The fourth-order valence-corrected chi connectivity index (χ4v) is 5.34. The molecule has 1 unspecified atom stereocenters. The van der Waals surface area contributed by atoms with Gasteiger partial charge in [0.25, 0.3) is 5.91 Å². The van der Waals surface area contributed by atoms with Crippen LogP contribution in [0.25, 0.3) is 5.65 Å². The number of rotatable bonds is 7. The van der Waals surface area contributed by atoms with Gasteiger partial charge in [-0.2, -0.15) is 5.10 Å². The first-order valence-electron chi connectivity index (χ1n) is 12.3. The lowest BCUT2D eigenvalue weighted by Crippen LogP contribution is -2.40. The number of nitrogens with zero attached hydrogens (tertiary/aromatic N) is 5. The van der Waals surface area contributed by atoms with Gasteiger partial charge in [0, 0.05) is 13.0 Å². The highest BCUT2D eigenvalue weighted by atomic mass is 16.6. The number of aryl methyl sites for hydroxylation is 1. The smallest absolute Gasteiger partial charge is 0.319 e. The third-order valence-corrected chi connectivity index (χ3v) is 7.40. The Balaban J connectivity index is 1.45. The molecule has 1 aliphatic carbocycles. The predicted molar refractivity (Wildman–Crippen MR) is 125 cm³/mol. The third kappa shape index (κ3) is 4.42. The van der Waals surface area contributed by atoms with Crippen molar-refractivity contribution in [2.24, 2.45) is 11.3 Å². The Kier molecular flexibility index (Phi) is 6.42. The molecule has 1 saturated heterocycles. The lowest BCUT2D eigenvalue weighted by molar-refractivity contribution is -0.153. The Morgan fingerprint density at radius 1 is 1.25 bits per heavy atom. The van der Waals surface area contributed by atoms with Gasteiger partial charge in [-0.3, -0.25) is 14.4 Å². The number of amides is 2. The summed E-state index contributed by atoms with van der Waals surface area (Å²) in [4.78, 5) is 42.1. The highest BCUT2D eigenvalue weighted by Gasteiger charge is 2.49. The molecule has 12 nitrogen and oxygen atoms in total. The number of fused-ring (bicyclic) bond motifs is 1. The van der Waals surface area contributed by atoms with Crippen molar-refractivity contribution in [3.8, 4) is 0 Å². The summed E-state index contributed by atoms with van der Waals surface area (Å²) in [5.41, 5.74) is 0.750. The van der Waals surface area contributed by atoms with Gasteiger partial charge in [0.05, 0.1) is 23.6 Å². The zero-order valence-corrected chi connectivity index (χ0v) is 20.1. The zero-order valence-electron chi connectivity index (χ0n) is 20.1. The maximum absolute atomic E-state index is 13.0. The monoisotopic (exact) mass is 495 g/mol. The number of nitrogens with one attached hydrogen (secondary N) is 2. The second kappa shape index (κ2) is 9.67. The Morgan fingerprint density at radius 2 is 2.03 bits per heavy atom. The van der Waals surface area contributed by atoms with E-state index in [0.29, 0.717) is 29.3 Å². The van der Waals surface area contributed by atoms with E-state index in [2.05, 4.69) is 26.0 Å². The predicted octanol–water partition coefficient (Wildman–Crippen LogP) is 2.00. The van der Waals surface area contributed by atoms with Crippen molar-refractivity contribution >= 4 is 23.4 Å². The number of imidazole rings is 1. The van der Waals surface area contributed by atoms with Crippen LogP contribution in [0.4, 0.5) is 0 Å². The number of carboxylic acids is 1. The van der Waals surface area contributed by atoms with Gasteiger partial charge in [0.1, 0.15) is 5.69 Å². The Labute approximate surface area is 206 Å². The van der Waals surface area contributed by atoms with E-state index < -0.39 is 17.3 Å². The van der Waals surface area contributed by atoms with Crippen LogP contribution < -0.4 is 10.6 Å². The summed E-state index contributed by atoms with van der Waals surface area (Å²) in [5, 5.41) is 27.5. The molecule has 0 radical (unpaired) electrons. The van der Waals surface area contributed by atoms with Gasteiger partial charge in [-0.1, -0.05) is 30.8 Å². The summed E-state index contributed by atoms with van der Waals surface area (Å²) >= 11 is 0. The molecule has 1 aliphatic heterocycles. The van der Waals surface area contributed by atoms with Gasteiger partial charge in [0.2, 0.25) is 5.91 Å². The average Bonchev–Trinajstić information content (AvgIpc) is 3.51. The van der Waals surface area contributed by atoms with Gasteiger partial charge < -0.3 is 15.7 Å². The molecule has 12 heteroatoms. The normalized spacial score (nSPS) is 21.8. The Morgan fingerprint density at radius 3 is 2.67 bits per heavy atom. The molecule has 3 N–H and O–H groups in total. The van der Waals surface area contributed by atoms with Crippen molar-refractivity contribution < 1.29 is 24.1 Å². The molecule has 5 rings (SSSR count). The highest BCUT2D eigenvalue weighted by Crippen LogP contribution is 2.34. The molecule has 2 atom stereocenters. The van der Waals surface area contributed by atoms with Crippen molar-refractivity contribution in [2.45, 2.75) is 64.3 Å². The molecule has 2 amide bonds. The van der Waals surface area contributed by atoms with Crippen LogP contribution in [0.5, 0.6) is 0 Å². The lowest BCUT2D eigenvalue weighted by Gasteiger charge is -2.25. The Bertz CT molecular complexity index is 1290. The van der Waals surface area contributed by atoms with Crippen molar-refractivity contribution in [3.63, 3.8) is 0 Å². The molecule has 0 aromatic carbocycles. The minimum atomic E-state index is -1.52. The van der Waals surface area contributed by atoms with Gasteiger partial charge in [-0.15, -0.1) is 0 Å². The summed E-state index contributed by atoms with van der Waals surface area (Å²) in [5.74, 6) is -1.82. The number of aliphatic carboxylic acids is 1. The van der Waals surface area contributed by atoms with E-state index >= 15 is 0 Å². The van der Waals surface area contributed by atoms with E-state index in [4.69, 9.17) is 9.61 Å². The molecule has 3 aromatic heterocycles. The van der Waals surface area contributed by atoms with E-state index in [9.17, 15) is 19.5 Å². The second-order valence-corrected chi connectivity index (χ2v) is 9.76. The summed E-state index contributed by atoms with van der Waals surface area (Å²) in [6.45, 7) is 1.99. The van der Waals surface area contributed by atoms with Gasteiger partial charge in [0.15, 0.2) is 16.8 Å². The highest BCUT2D eigenvalue weighted by molar-refractivity contribution is 6.03. The quantitative estimate of drug-likeness (QED) is 0.328. The molecule has 0 spiro atoms. The minimum absolute atomic E-state index is 0.0150. The molecule has 36 heavy (non-hydrogen) atoms. The van der Waals surface area contributed by atoms with Crippen molar-refractivity contribution in [2.75, 3.05) is 6.54 Å². The number of carbonyl (C=O) groups excluding carboxylic acids is 2. The molecular formula is C24H29N7O5. The molecule has 4 heterocycles. The largest absolute Gasteiger partial charge is 0.480 e. The van der Waals surface area contributed by atoms with Gasteiger partial charge >= 0.3 is 5.97 Å². The van der Waals surface area contributed by atoms with Crippen LogP contribution >= 0.6 is 0 Å². The van der Waals surface area contributed by atoms with E-state index in [0.717, 1.165) is 25.7 Å². The van der Waals surface area contributed by atoms with Gasteiger partial charge in [-0.25, -0.2) is 14.1 Å². The maximum Gasteiger partial charge on any atom is 0.319 e. The molecular weight excluding hydrogens is 466 g/mol. The fourth-order valence-electron chi connectivity index (χ4n) is 5.34. The summed E-state index contributed by atoms with van der Waals surface area (Å²) < 4.78 is 6.30. The van der Waals surface area contributed by atoms with E-state index in [1.54, 1.807) is 29.8 Å².